The molecule has 84 valence electrons. The van der Waals surface area contributed by atoms with E-state index < -0.39 is 0 Å². The molecule has 0 amide bonds. The number of nitrogens with two attached hydrogens (primary N) is 1. The molecule has 0 saturated heterocycles. The number of ether oxygens (including phenoxy) is 1. The normalized spacial score (nSPS) is 12.9. The zero-order chi connectivity index (χ0) is 11.4. The van der Waals surface area contributed by atoms with Crippen LogP contribution in [0.15, 0.2) is 18.2 Å². The Morgan fingerprint density at radius 1 is 1.27 bits per heavy atom. The summed E-state index contributed by atoms with van der Waals surface area (Å²) in [7, 11) is 0. The molecular formula is C13H21NO. The molecule has 0 spiro atoms. The second kappa shape index (κ2) is 5.17. The predicted octanol–water partition coefficient (Wildman–Crippen LogP) is 2.67. The van der Waals surface area contributed by atoms with Crippen LogP contribution in [-0.4, -0.2) is 12.1 Å². The van der Waals surface area contributed by atoms with E-state index in [1.54, 1.807) is 0 Å². The summed E-state index contributed by atoms with van der Waals surface area (Å²) in [5.74, 6) is 0.971. The van der Waals surface area contributed by atoms with Gasteiger partial charge in [0, 0.05) is 6.04 Å². The third kappa shape index (κ3) is 3.92. The molecule has 2 N–H and O–H groups in total. The second-order valence-corrected chi connectivity index (χ2v) is 4.45. The van der Waals surface area contributed by atoms with E-state index in [0.29, 0.717) is 0 Å². The van der Waals surface area contributed by atoms with Crippen molar-refractivity contribution in [3.63, 3.8) is 0 Å². The Labute approximate surface area is 92.4 Å². The molecule has 1 atom stereocenters. The van der Waals surface area contributed by atoms with E-state index in [2.05, 4.69) is 19.1 Å². The first kappa shape index (κ1) is 12.1. The van der Waals surface area contributed by atoms with Gasteiger partial charge >= 0.3 is 0 Å². The van der Waals surface area contributed by atoms with E-state index in [0.717, 1.165) is 12.2 Å². The molecule has 0 heterocycles. The molecule has 1 aromatic carbocycles. The van der Waals surface area contributed by atoms with E-state index >= 15 is 0 Å². The fourth-order valence-electron chi connectivity index (χ4n) is 1.60. The van der Waals surface area contributed by atoms with Gasteiger partial charge < -0.3 is 10.5 Å². The van der Waals surface area contributed by atoms with Gasteiger partial charge in [0.15, 0.2) is 0 Å². The molecule has 0 aromatic heterocycles. The molecule has 0 aliphatic carbocycles. The maximum atomic E-state index is 5.76. The van der Waals surface area contributed by atoms with E-state index in [1.807, 2.05) is 26.8 Å². The zero-order valence-corrected chi connectivity index (χ0v) is 10.1. The van der Waals surface area contributed by atoms with Crippen LogP contribution < -0.4 is 10.5 Å². The van der Waals surface area contributed by atoms with Crippen molar-refractivity contribution in [2.75, 3.05) is 0 Å². The van der Waals surface area contributed by atoms with Crippen molar-refractivity contribution in [2.45, 2.75) is 46.3 Å². The topological polar surface area (TPSA) is 35.2 Å². The average Bonchev–Trinajstić information content (AvgIpc) is 2.08. The molecule has 0 aliphatic rings. The first-order valence-electron chi connectivity index (χ1n) is 5.51. The summed E-state index contributed by atoms with van der Waals surface area (Å²) in [6.07, 6.45) is 1.14. The zero-order valence-electron chi connectivity index (χ0n) is 10.1. The number of rotatable bonds is 4. The van der Waals surface area contributed by atoms with Gasteiger partial charge in [-0.3, -0.25) is 0 Å². The van der Waals surface area contributed by atoms with Crippen LogP contribution in [-0.2, 0) is 6.42 Å². The van der Waals surface area contributed by atoms with Crippen molar-refractivity contribution < 1.29 is 4.74 Å². The molecule has 0 aliphatic heterocycles. The van der Waals surface area contributed by atoms with Crippen molar-refractivity contribution in [3.05, 3.63) is 29.3 Å². The van der Waals surface area contributed by atoms with Crippen LogP contribution in [0.1, 0.15) is 31.9 Å². The van der Waals surface area contributed by atoms with E-state index in [9.17, 15) is 0 Å². The summed E-state index contributed by atoms with van der Waals surface area (Å²) in [6, 6.07) is 6.49. The summed E-state index contributed by atoms with van der Waals surface area (Å²) < 4.78 is 5.67. The largest absolute Gasteiger partial charge is 0.491 e. The van der Waals surface area contributed by atoms with Gasteiger partial charge in [-0.1, -0.05) is 12.1 Å². The lowest BCUT2D eigenvalue weighted by Crippen LogP contribution is -2.17. The number of hydrogen-bond acceptors (Lipinski definition) is 2. The Morgan fingerprint density at radius 2 is 1.93 bits per heavy atom. The van der Waals surface area contributed by atoms with E-state index in [4.69, 9.17) is 10.5 Å². The van der Waals surface area contributed by atoms with Crippen molar-refractivity contribution in [1.82, 2.24) is 0 Å². The minimum Gasteiger partial charge on any atom is -0.491 e. The van der Waals surface area contributed by atoms with Crippen LogP contribution in [0, 0.1) is 6.92 Å². The third-order valence-corrected chi connectivity index (χ3v) is 2.16. The molecule has 0 radical (unpaired) electrons. The van der Waals surface area contributed by atoms with Crippen molar-refractivity contribution >= 4 is 0 Å². The number of hydrogen-bond donors (Lipinski definition) is 1. The third-order valence-electron chi connectivity index (χ3n) is 2.16. The molecule has 2 heteroatoms. The summed E-state index contributed by atoms with van der Waals surface area (Å²) >= 11 is 0. The lowest BCUT2D eigenvalue weighted by Gasteiger charge is -2.14. The van der Waals surface area contributed by atoms with Gasteiger partial charge in [-0.15, -0.1) is 0 Å². The average molecular weight is 207 g/mol. The fraction of sp³-hybridized carbons (Fsp3) is 0.538. The first-order chi connectivity index (χ1) is 6.99. The van der Waals surface area contributed by atoms with Crippen molar-refractivity contribution in [2.24, 2.45) is 5.73 Å². The van der Waals surface area contributed by atoms with E-state index in [-0.39, 0.29) is 12.1 Å². The minimum atomic E-state index is 0.210. The lowest BCUT2D eigenvalue weighted by atomic mass is 10.0. The number of benzene rings is 1. The predicted molar refractivity (Wildman–Crippen MR) is 64.3 cm³/mol. The van der Waals surface area contributed by atoms with E-state index in [1.165, 1.54) is 11.1 Å². The highest BCUT2D eigenvalue weighted by atomic mass is 16.5. The van der Waals surface area contributed by atoms with Crippen LogP contribution in [0.4, 0.5) is 0 Å². The molecule has 15 heavy (non-hydrogen) atoms. The Balaban J connectivity index is 2.78. The first-order valence-corrected chi connectivity index (χ1v) is 5.51. The van der Waals surface area contributed by atoms with Gasteiger partial charge in [0.25, 0.3) is 0 Å². The summed E-state index contributed by atoms with van der Waals surface area (Å²) in [6.45, 7) is 8.17. The van der Waals surface area contributed by atoms with Crippen molar-refractivity contribution in [1.29, 1.82) is 0 Å². The Morgan fingerprint density at radius 3 is 2.40 bits per heavy atom. The standard InChI is InChI=1S/C13H21NO/c1-9(2)15-13-6-5-12(7-10(13)3)8-11(4)14/h5-7,9,11H,8,14H2,1-4H3. The van der Waals surface area contributed by atoms with Gasteiger partial charge in [-0.05, 0) is 51.3 Å². The Bertz CT molecular complexity index is 318. The van der Waals surface area contributed by atoms with Crippen molar-refractivity contribution in [3.8, 4) is 5.75 Å². The summed E-state index contributed by atoms with van der Waals surface area (Å²) in [5, 5.41) is 0. The van der Waals surface area contributed by atoms with Gasteiger partial charge in [-0.2, -0.15) is 0 Å². The highest BCUT2D eigenvalue weighted by molar-refractivity contribution is 5.36. The van der Waals surface area contributed by atoms with Gasteiger partial charge in [0.2, 0.25) is 0 Å². The molecule has 1 aromatic rings. The van der Waals surface area contributed by atoms with Crippen LogP contribution in [0.2, 0.25) is 0 Å². The quantitative estimate of drug-likeness (QED) is 0.823. The molecule has 1 unspecified atom stereocenters. The highest BCUT2D eigenvalue weighted by Crippen LogP contribution is 2.20. The SMILES string of the molecule is Cc1cc(CC(C)N)ccc1OC(C)C. The van der Waals surface area contributed by atoms with Crippen LogP contribution in [0.5, 0.6) is 5.75 Å². The molecule has 0 fully saturated rings. The Kier molecular flexibility index (Phi) is 4.15. The van der Waals surface area contributed by atoms with Crippen LogP contribution in [0.3, 0.4) is 0 Å². The Hall–Kier alpha value is -1.02. The molecule has 2 nitrogen and oxygen atoms in total. The minimum absolute atomic E-state index is 0.210. The fourth-order valence-corrected chi connectivity index (χ4v) is 1.60. The molecule has 0 saturated carbocycles. The van der Waals surface area contributed by atoms with Crippen LogP contribution >= 0.6 is 0 Å². The number of aryl methyl sites for hydroxylation is 1. The maximum Gasteiger partial charge on any atom is 0.122 e. The summed E-state index contributed by atoms with van der Waals surface area (Å²) in [5.41, 5.74) is 8.22. The van der Waals surface area contributed by atoms with Gasteiger partial charge in [0.1, 0.15) is 5.75 Å². The smallest absolute Gasteiger partial charge is 0.122 e. The highest BCUT2D eigenvalue weighted by Gasteiger charge is 2.04. The van der Waals surface area contributed by atoms with Crippen LogP contribution in [0.25, 0.3) is 0 Å². The lowest BCUT2D eigenvalue weighted by molar-refractivity contribution is 0.240. The summed E-state index contributed by atoms with van der Waals surface area (Å²) in [4.78, 5) is 0. The monoisotopic (exact) mass is 207 g/mol. The molecule has 1 rings (SSSR count). The van der Waals surface area contributed by atoms with Gasteiger partial charge in [-0.25, -0.2) is 0 Å². The molecule has 0 bridgehead atoms. The van der Waals surface area contributed by atoms with Gasteiger partial charge in [0.05, 0.1) is 6.10 Å². The maximum absolute atomic E-state index is 5.76. The second-order valence-electron chi connectivity index (χ2n) is 4.45. The molecular weight excluding hydrogens is 186 g/mol.